The molecule has 1 aromatic carbocycles. The Morgan fingerprint density at radius 2 is 1.89 bits per heavy atom. The highest BCUT2D eigenvalue weighted by molar-refractivity contribution is 7.15. The molecule has 1 fully saturated rings. The molecule has 8 heteroatoms. The topological polar surface area (TPSA) is 78.3 Å². The lowest BCUT2D eigenvalue weighted by atomic mass is 10.0. The van der Waals surface area contributed by atoms with E-state index in [1.165, 1.54) is 23.3 Å². The van der Waals surface area contributed by atoms with E-state index in [1.54, 1.807) is 7.11 Å². The van der Waals surface area contributed by atoms with Crippen LogP contribution in [0.15, 0.2) is 29.6 Å². The largest absolute Gasteiger partial charge is 0.497 e. The normalized spacial score (nSPS) is 14.6. The highest BCUT2D eigenvalue weighted by atomic mass is 32.1. The number of hydrogen-bond acceptors (Lipinski definition) is 6. The van der Waals surface area contributed by atoms with Crippen LogP contribution in [0.1, 0.15) is 10.4 Å². The summed E-state index contributed by atoms with van der Waals surface area (Å²) in [4.78, 5) is 26.0. The second kappa shape index (κ2) is 8.98. The smallest absolute Gasteiger partial charge is 0.341 e. The van der Waals surface area contributed by atoms with Crippen LogP contribution < -0.4 is 15.0 Å². The van der Waals surface area contributed by atoms with Crippen LogP contribution >= 0.6 is 11.3 Å². The standard InChI is InChI=1S/C19H22N2O5S/c1-24-14-5-3-13(4-6-14)15-12-27-18(17(15)19(23)25-2)20-16(22)11-21-7-9-26-10-8-21/h3-6,12H,7-11H2,1-2H3,(H,20,22)/p+1. The number of amides is 1. The van der Waals surface area contributed by atoms with Gasteiger partial charge in [0.1, 0.15) is 29.4 Å². The zero-order valence-corrected chi connectivity index (χ0v) is 16.2. The number of benzene rings is 1. The molecule has 0 radical (unpaired) electrons. The summed E-state index contributed by atoms with van der Waals surface area (Å²) in [6.45, 7) is 3.28. The zero-order chi connectivity index (χ0) is 19.2. The Morgan fingerprint density at radius 3 is 2.52 bits per heavy atom. The Labute approximate surface area is 161 Å². The Kier molecular flexibility index (Phi) is 6.44. The van der Waals surface area contributed by atoms with Gasteiger partial charge in [0.05, 0.1) is 27.4 Å². The fourth-order valence-corrected chi connectivity index (χ4v) is 3.95. The molecule has 1 aliphatic rings. The molecular weight excluding hydrogens is 368 g/mol. The first-order chi connectivity index (χ1) is 13.1. The summed E-state index contributed by atoms with van der Waals surface area (Å²) >= 11 is 1.32. The number of carbonyl (C=O) groups is 2. The number of thiophene rings is 1. The number of nitrogens with one attached hydrogen (secondary N) is 2. The van der Waals surface area contributed by atoms with E-state index in [4.69, 9.17) is 14.2 Å². The SMILES string of the molecule is COC(=O)c1c(-c2ccc(OC)cc2)csc1NC(=O)C[NH+]1CCOCC1. The van der Waals surface area contributed by atoms with Crippen molar-refractivity contribution in [3.05, 3.63) is 35.2 Å². The summed E-state index contributed by atoms with van der Waals surface area (Å²) < 4.78 is 15.4. The van der Waals surface area contributed by atoms with E-state index in [-0.39, 0.29) is 5.91 Å². The first kappa shape index (κ1) is 19.3. The molecule has 0 unspecified atom stereocenters. The van der Waals surface area contributed by atoms with Crippen molar-refractivity contribution in [1.82, 2.24) is 0 Å². The summed E-state index contributed by atoms with van der Waals surface area (Å²) in [6.07, 6.45) is 0. The molecule has 0 atom stereocenters. The summed E-state index contributed by atoms with van der Waals surface area (Å²) in [7, 11) is 2.94. The van der Waals surface area contributed by atoms with Gasteiger partial charge in [-0.15, -0.1) is 11.3 Å². The minimum atomic E-state index is -0.476. The molecular formula is C19H23N2O5S+. The highest BCUT2D eigenvalue weighted by Crippen LogP contribution is 2.36. The second-order valence-electron chi connectivity index (χ2n) is 6.16. The molecule has 2 N–H and O–H groups in total. The van der Waals surface area contributed by atoms with Gasteiger partial charge in [-0.1, -0.05) is 12.1 Å². The third-order valence-corrected chi connectivity index (χ3v) is 5.34. The number of esters is 1. The maximum atomic E-state index is 12.4. The summed E-state index contributed by atoms with van der Waals surface area (Å²) in [5.41, 5.74) is 1.95. The molecule has 1 amide bonds. The molecule has 0 bridgehead atoms. The highest BCUT2D eigenvalue weighted by Gasteiger charge is 2.24. The van der Waals surface area contributed by atoms with Crippen LogP contribution in [0.25, 0.3) is 11.1 Å². The summed E-state index contributed by atoms with van der Waals surface area (Å²) in [6, 6.07) is 7.40. The van der Waals surface area contributed by atoms with Gasteiger partial charge in [0.15, 0.2) is 6.54 Å². The van der Waals surface area contributed by atoms with Gasteiger partial charge in [-0.2, -0.15) is 0 Å². The third-order valence-electron chi connectivity index (χ3n) is 4.44. The number of ether oxygens (including phenoxy) is 3. The maximum absolute atomic E-state index is 12.4. The average molecular weight is 391 g/mol. The average Bonchev–Trinajstić information content (AvgIpc) is 3.11. The third kappa shape index (κ3) is 4.65. The predicted molar refractivity (Wildman–Crippen MR) is 103 cm³/mol. The number of rotatable bonds is 6. The first-order valence-corrected chi connectivity index (χ1v) is 9.55. The fourth-order valence-electron chi connectivity index (χ4n) is 2.97. The predicted octanol–water partition coefficient (Wildman–Crippen LogP) is 1.06. The minimum absolute atomic E-state index is 0.125. The molecule has 1 aliphatic heterocycles. The fraction of sp³-hybridized carbons (Fsp3) is 0.368. The zero-order valence-electron chi connectivity index (χ0n) is 15.4. The van der Waals surface area contributed by atoms with Crippen molar-refractivity contribution in [2.45, 2.75) is 0 Å². The van der Waals surface area contributed by atoms with E-state index < -0.39 is 5.97 Å². The molecule has 2 heterocycles. The van der Waals surface area contributed by atoms with Crippen LogP contribution in [0.3, 0.4) is 0 Å². The Hall–Kier alpha value is -2.42. The lowest BCUT2D eigenvalue weighted by molar-refractivity contribution is -0.899. The Morgan fingerprint density at radius 1 is 1.19 bits per heavy atom. The van der Waals surface area contributed by atoms with Gasteiger partial charge in [0, 0.05) is 10.9 Å². The molecule has 3 rings (SSSR count). The van der Waals surface area contributed by atoms with E-state index in [0.29, 0.717) is 30.3 Å². The van der Waals surface area contributed by atoms with Crippen molar-refractivity contribution < 1.29 is 28.7 Å². The molecule has 0 saturated carbocycles. The minimum Gasteiger partial charge on any atom is -0.497 e. The van der Waals surface area contributed by atoms with Crippen molar-refractivity contribution in [2.24, 2.45) is 0 Å². The van der Waals surface area contributed by atoms with E-state index in [0.717, 1.165) is 30.0 Å². The van der Waals surface area contributed by atoms with Gasteiger partial charge >= 0.3 is 5.97 Å². The first-order valence-electron chi connectivity index (χ1n) is 8.67. The second-order valence-corrected chi connectivity index (χ2v) is 7.04. The molecule has 7 nitrogen and oxygen atoms in total. The molecule has 2 aromatic rings. The van der Waals surface area contributed by atoms with Crippen LogP contribution in [-0.4, -0.2) is 58.9 Å². The van der Waals surface area contributed by atoms with Gasteiger partial charge in [-0.25, -0.2) is 4.79 Å². The molecule has 144 valence electrons. The van der Waals surface area contributed by atoms with Crippen LogP contribution in [0.2, 0.25) is 0 Å². The van der Waals surface area contributed by atoms with Gasteiger partial charge < -0.3 is 24.4 Å². The van der Waals surface area contributed by atoms with Gasteiger partial charge in [0.25, 0.3) is 5.91 Å². The molecule has 1 saturated heterocycles. The van der Waals surface area contributed by atoms with E-state index in [2.05, 4.69) is 5.32 Å². The number of quaternary nitrogens is 1. The van der Waals surface area contributed by atoms with Crippen LogP contribution in [-0.2, 0) is 14.3 Å². The lowest BCUT2D eigenvalue weighted by Gasteiger charge is -2.23. The Balaban J connectivity index is 1.81. The van der Waals surface area contributed by atoms with Crippen molar-refractivity contribution in [3.8, 4) is 16.9 Å². The van der Waals surface area contributed by atoms with Crippen molar-refractivity contribution in [1.29, 1.82) is 0 Å². The summed E-state index contributed by atoms with van der Waals surface area (Å²) in [5, 5.41) is 5.24. The van der Waals surface area contributed by atoms with Gasteiger partial charge in [-0.3, -0.25) is 4.79 Å². The van der Waals surface area contributed by atoms with Crippen LogP contribution in [0.4, 0.5) is 5.00 Å². The van der Waals surface area contributed by atoms with Gasteiger partial charge in [-0.05, 0) is 17.7 Å². The van der Waals surface area contributed by atoms with E-state index >= 15 is 0 Å². The van der Waals surface area contributed by atoms with E-state index in [9.17, 15) is 9.59 Å². The summed E-state index contributed by atoms with van der Waals surface area (Å²) in [5.74, 6) is 0.131. The monoisotopic (exact) mass is 391 g/mol. The van der Waals surface area contributed by atoms with Crippen molar-refractivity contribution >= 4 is 28.2 Å². The van der Waals surface area contributed by atoms with Crippen LogP contribution in [0.5, 0.6) is 5.75 Å². The maximum Gasteiger partial charge on any atom is 0.341 e. The number of carbonyl (C=O) groups excluding carboxylic acids is 2. The number of hydrogen-bond donors (Lipinski definition) is 2. The number of morpholine rings is 1. The number of anilines is 1. The van der Waals surface area contributed by atoms with Crippen molar-refractivity contribution in [3.63, 3.8) is 0 Å². The quantitative estimate of drug-likeness (QED) is 0.720. The number of methoxy groups -OCH3 is 2. The van der Waals surface area contributed by atoms with Crippen LogP contribution in [0, 0.1) is 0 Å². The molecule has 0 spiro atoms. The molecule has 0 aliphatic carbocycles. The van der Waals surface area contributed by atoms with Crippen molar-refractivity contribution in [2.75, 3.05) is 52.4 Å². The van der Waals surface area contributed by atoms with Gasteiger partial charge in [0.2, 0.25) is 0 Å². The Bertz CT molecular complexity index is 797. The van der Waals surface area contributed by atoms with E-state index in [1.807, 2.05) is 29.6 Å². The molecule has 1 aromatic heterocycles. The molecule has 27 heavy (non-hydrogen) atoms. The lowest BCUT2D eigenvalue weighted by Crippen LogP contribution is -3.15.